The van der Waals surface area contributed by atoms with E-state index in [0.717, 1.165) is 29.7 Å². The average molecular weight is 260 g/mol. The first-order valence-electron chi connectivity index (χ1n) is 6.37. The molecule has 0 aromatic carbocycles. The van der Waals surface area contributed by atoms with Gasteiger partial charge in [0.15, 0.2) is 5.16 Å². The highest BCUT2D eigenvalue weighted by atomic mass is 32.2. The van der Waals surface area contributed by atoms with Gasteiger partial charge in [0.25, 0.3) is 0 Å². The Labute approximate surface area is 111 Å². The number of rotatable bonds is 3. The maximum Gasteiger partial charge on any atom is 0.191 e. The Morgan fingerprint density at radius 3 is 3.11 bits per heavy atom. The van der Waals surface area contributed by atoms with E-state index in [1.807, 2.05) is 12.3 Å². The molecule has 2 aromatic heterocycles. The molecule has 0 bridgehead atoms. The molecule has 1 aliphatic rings. The Morgan fingerprint density at radius 2 is 2.22 bits per heavy atom. The molecule has 5 heteroatoms. The molecule has 0 radical (unpaired) electrons. The number of fused-ring (bicyclic) bond motifs is 1. The van der Waals surface area contributed by atoms with Crippen molar-refractivity contribution >= 4 is 11.8 Å². The molecule has 1 aliphatic heterocycles. The van der Waals surface area contributed by atoms with Gasteiger partial charge in [0.2, 0.25) is 0 Å². The van der Waals surface area contributed by atoms with Crippen LogP contribution in [0.25, 0.3) is 0 Å². The lowest BCUT2D eigenvalue weighted by Crippen LogP contribution is -2.02. The highest BCUT2D eigenvalue weighted by molar-refractivity contribution is 7.98. The number of hydrogen-bond acceptors (Lipinski definition) is 4. The van der Waals surface area contributed by atoms with Crippen LogP contribution in [-0.2, 0) is 18.7 Å². The van der Waals surface area contributed by atoms with Gasteiger partial charge in [-0.2, -0.15) is 0 Å². The van der Waals surface area contributed by atoms with Gasteiger partial charge in [-0.15, -0.1) is 10.2 Å². The zero-order valence-corrected chi connectivity index (χ0v) is 11.1. The van der Waals surface area contributed by atoms with E-state index in [4.69, 9.17) is 0 Å². The van der Waals surface area contributed by atoms with Crippen molar-refractivity contribution in [3.63, 3.8) is 0 Å². The van der Waals surface area contributed by atoms with Gasteiger partial charge in [-0.3, -0.25) is 4.98 Å². The summed E-state index contributed by atoms with van der Waals surface area (Å²) in [7, 11) is 0. The maximum atomic E-state index is 4.31. The predicted molar refractivity (Wildman–Crippen MR) is 71.4 cm³/mol. The Morgan fingerprint density at radius 1 is 1.22 bits per heavy atom. The van der Waals surface area contributed by atoms with Crippen molar-refractivity contribution in [2.24, 2.45) is 0 Å². The lowest BCUT2D eigenvalue weighted by molar-refractivity contribution is 0.591. The van der Waals surface area contributed by atoms with Crippen molar-refractivity contribution in [3.8, 4) is 0 Å². The number of aromatic nitrogens is 4. The standard InChI is InChI=1S/C13H16N4S/c1-2-6-12-15-16-13(17(12)8-3-1)18-10-11-5-4-7-14-9-11/h4-5,7,9H,1-3,6,8,10H2. The highest BCUT2D eigenvalue weighted by Gasteiger charge is 2.14. The van der Waals surface area contributed by atoms with E-state index in [-0.39, 0.29) is 0 Å². The molecule has 0 amide bonds. The minimum Gasteiger partial charge on any atom is -0.306 e. The summed E-state index contributed by atoms with van der Waals surface area (Å²) in [4.78, 5) is 4.13. The third-order valence-corrected chi connectivity index (χ3v) is 4.20. The van der Waals surface area contributed by atoms with Crippen LogP contribution in [0, 0.1) is 0 Å². The van der Waals surface area contributed by atoms with Crippen LogP contribution in [0.3, 0.4) is 0 Å². The summed E-state index contributed by atoms with van der Waals surface area (Å²) in [6, 6.07) is 4.07. The van der Waals surface area contributed by atoms with Crippen LogP contribution < -0.4 is 0 Å². The van der Waals surface area contributed by atoms with Crippen LogP contribution in [0.1, 0.15) is 30.7 Å². The maximum absolute atomic E-state index is 4.31. The summed E-state index contributed by atoms with van der Waals surface area (Å²) in [5.74, 6) is 2.06. The Balaban J connectivity index is 1.72. The second-order valence-corrected chi connectivity index (χ2v) is 5.45. The van der Waals surface area contributed by atoms with Crippen LogP contribution in [0.4, 0.5) is 0 Å². The van der Waals surface area contributed by atoms with Crippen molar-refractivity contribution in [2.75, 3.05) is 0 Å². The Bertz CT molecular complexity index is 509. The zero-order valence-electron chi connectivity index (χ0n) is 10.2. The second-order valence-electron chi connectivity index (χ2n) is 4.51. The molecule has 0 saturated heterocycles. The van der Waals surface area contributed by atoms with E-state index in [0.29, 0.717) is 0 Å². The average Bonchev–Trinajstić information content (AvgIpc) is 2.65. The van der Waals surface area contributed by atoms with Gasteiger partial charge in [-0.1, -0.05) is 24.2 Å². The van der Waals surface area contributed by atoms with E-state index >= 15 is 0 Å². The number of pyridine rings is 1. The molecule has 4 nitrogen and oxygen atoms in total. The summed E-state index contributed by atoms with van der Waals surface area (Å²) in [5, 5.41) is 9.67. The van der Waals surface area contributed by atoms with Crippen LogP contribution >= 0.6 is 11.8 Å². The largest absolute Gasteiger partial charge is 0.306 e. The first-order chi connectivity index (χ1) is 8.93. The molecule has 0 fully saturated rings. The van der Waals surface area contributed by atoms with Crippen molar-refractivity contribution in [1.82, 2.24) is 19.7 Å². The predicted octanol–water partition coefficient (Wildman–Crippen LogP) is 2.69. The minimum absolute atomic E-state index is 0.909. The number of nitrogens with zero attached hydrogens (tertiary/aromatic N) is 4. The fraction of sp³-hybridized carbons (Fsp3) is 0.462. The molecule has 2 aromatic rings. The Hall–Kier alpha value is -1.36. The normalized spacial score (nSPS) is 15.1. The summed E-state index contributed by atoms with van der Waals surface area (Å²) in [6.07, 6.45) is 8.57. The molecule has 0 aliphatic carbocycles. The van der Waals surface area contributed by atoms with Gasteiger partial charge in [-0.25, -0.2) is 0 Å². The lowest BCUT2D eigenvalue weighted by atomic mass is 10.2. The molecule has 0 N–H and O–H groups in total. The van der Waals surface area contributed by atoms with Gasteiger partial charge in [-0.05, 0) is 24.5 Å². The third-order valence-electron chi connectivity index (χ3n) is 3.17. The smallest absolute Gasteiger partial charge is 0.191 e. The quantitative estimate of drug-likeness (QED) is 0.796. The molecule has 0 atom stereocenters. The van der Waals surface area contributed by atoms with E-state index in [1.54, 1.807) is 18.0 Å². The van der Waals surface area contributed by atoms with E-state index < -0.39 is 0 Å². The molecule has 94 valence electrons. The topological polar surface area (TPSA) is 43.6 Å². The molecule has 3 heterocycles. The monoisotopic (exact) mass is 260 g/mol. The van der Waals surface area contributed by atoms with Gasteiger partial charge in [0.05, 0.1) is 0 Å². The second kappa shape index (κ2) is 5.52. The summed E-state index contributed by atoms with van der Waals surface area (Å²) >= 11 is 1.75. The van der Waals surface area contributed by atoms with Gasteiger partial charge < -0.3 is 4.57 Å². The molecule has 0 spiro atoms. The summed E-state index contributed by atoms with van der Waals surface area (Å²) in [6.45, 7) is 1.07. The SMILES string of the molecule is c1cncc(CSc2nnc3n2CCCCC3)c1. The number of aryl methyl sites for hydroxylation is 1. The van der Waals surface area contributed by atoms with Crippen molar-refractivity contribution in [1.29, 1.82) is 0 Å². The molecule has 0 saturated carbocycles. The third kappa shape index (κ3) is 2.56. The summed E-state index contributed by atoms with van der Waals surface area (Å²) < 4.78 is 2.29. The highest BCUT2D eigenvalue weighted by Crippen LogP contribution is 2.24. The van der Waals surface area contributed by atoms with Crippen LogP contribution in [0.15, 0.2) is 29.7 Å². The van der Waals surface area contributed by atoms with E-state index in [2.05, 4.69) is 25.8 Å². The fourth-order valence-electron chi connectivity index (χ4n) is 2.20. The molecule has 0 unspecified atom stereocenters. The van der Waals surface area contributed by atoms with Crippen molar-refractivity contribution < 1.29 is 0 Å². The zero-order chi connectivity index (χ0) is 12.2. The van der Waals surface area contributed by atoms with Crippen LogP contribution in [-0.4, -0.2) is 19.7 Å². The van der Waals surface area contributed by atoms with Crippen molar-refractivity contribution in [2.45, 2.75) is 43.1 Å². The summed E-state index contributed by atoms with van der Waals surface area (Å²) in [5.41, 5.74) is 1.23. The van der Waals surface area contributed by atoms with Gasteiger partial charge >= 0.3 is 0 Å². The number of thioether (sulfide) groups is 1. The molecular weight excluding hydrogens is 244 g/mol. The fourth-order valence-corrected chi connectivity index (χ4v) is 3.11. The van der Waals surface area contributed by atoms with Gasteiger partial charge in [0.1, 0.15) is 5.82 Å². The lowest BCUT2D eigenvalue weighted by Gasteiger charge is -2.06. The molecule has 3 rings (SSSR count). The van der Waals surface area contributed by atoms with E-state index in [1.165, 1.54) is 24.8 Å². The first kappa shape index (κ1) is 11.7. The first-order valence-corrected chi connectivity index (χ1v) is 7.36. The molecule has 18 heavy (non-hydrogen) atoms. The van der Waals surface area contributed by atoms with Crippen molar-refractivity contribution in [3.05, 3.63) is 35.9 Å². The van der Waals surface area contributed by atoms with Crippen LogP contribution in [0.2, 0.25) is 0 Å². The van der Waals surface area contributed by atoms with E-state index in [9.17, 15) is 0 Å². The van der Waals surface area contributed by atoms with Crippen LogP contribution in [0.5, 0.6) is 0 Å². The van der Waals surface area contributed by atoms with Gasteiger partial charge in [0, 0.05) is 31.1 Å². The Kier molecular flexibility index (Phi) is 3.59. The minimum atomic E-state index is 0.909. The number of hydrogen-bond donors (Lipinski definition) is 0. The molecular formula is C13H16N4S.